The first-order chi connectivity index (χ1) is 4.86. The Morgan fingerprint density at radius 2 is 1.40 bits per heavy atom. The van der Waals surface area contributed by atoms with E-state index >= 15 is 0 Å². The molecule has 10 heavy (non-hydrogen) atoms. The topological polar surface area (TPSA) is 0 Å². The first kappa shape index (κ1) is 8.79. The van der Waals surface area contributed by atoms with Crippen molar-refractivity contribution in [2.24, 2.45) is 0 Å². The molecule has 0 N–H and O–H groups in total. The molecule has 1 heterocycles. The van der Waals surface area contributed by atoms with Gasteiger partial charge >= 0.3 is 0 Å². The molecule has 0 aromatic rings. The highest BCUT2D eigenvalue weighted by Crippen LogP contribution is 2.32. The normalized spacial score (nSPS) is 34.2. The lowest BCUT2D eigenvalue weighted by Crippen LogP contribution is -2.19. The summed E-state index contributed by atoms with van der Waals surface area (Å²) in [5.41, 5.74) is 0. The number of rotatable bonds is 2. The fraction of sp³-hybridized carbons (Fsp3) is 1.00. The average molecular weight is 176 g/mol. The third kappa shape index (κ3) is 2.39. The van der Waals surface area contributed by atoms with E-state index in [-0.39, 0.29) is 0 Å². The quantitative estimate of drug-likeness (QED) is 0.634. The Bertz CT molecular complexity index is 73.3. The third-order valence-corrected chi connectivity index (χ3v) is 5.50. The fourth-order valence-electron chi connectivity index (χ4n) is 1.05. The first-order valence-corrected chi connectivity index (χ1v) is 6.19. The van der Waals surface area contributed by atoms with Crippen LogP contribution < -0.4 is 0 Å². The van der Waals surface area contributed by atoms with E-state index in [1.165, 1.54) is 24.3 Å². The third-order valence-electron chi connectivity index (χ3n) is 1.95. The van der Waals surface area contributed by atoms with Crippen LogP contribution in [0.3, 0.4) is 0 Å². The molecule has 60 valence electrons. The summed E-state index contributed by atoms with van der Waals surface area (Å²) in [4.78, 5) is 0. The van der Waals surface area contributed by atoms with Crippen molar-refractivity contribution in [3.8, 4) is 0 Å². The SMILES string of the molecule is CCC1CSC(CC)CS1. The number of thioether (sulfide) groups is 2. The van der Waals surface area contributed by atoms with E-state index in [0.717, 1.165) is 10.5 Å². The summed E-state index contributed by atoms with van der Waals surface area (Å²) in [5.74, 6) is 2.78. The van der Waals surface area contributed by atoms with Gasteiger partial charge in [0.2, 0.25) is 0 Å². The van der Waals surface area contributed by atoms with Gasteiger partial charge in [0.1, 0.15) is 0 Å². The zero-order chi connectivity index (χ0) is 7.40. The molecule has 0 aromatic carbocycles. The maximum Gasteiger partial charge on any atom is 0.0136 e. The monoisotopic (exact) mass is 176 g/mol. The van der Waals surface area contributed by atoms with Crippen molar-refractivity contribution in [1.82, 2.24) is 0 Å². The molecule has 0 aromatic heterocycles. The van der Waals surface area contributed by atoms with Crippen LogP contribution in [0.5, 0.6) is 0 Å². The summed E-state index contributed by atoms with van der Waals surface area (Å²) in [6, 6.07) is 0. The largest absolute Gasteiger partial charge is 0.157 e. The minimum Gasteiger partial charge on any atom is -0.157 e. The van der Waals surface area contributed by atoms with Crippen LogP contribution in [-0.2, 0) is 0 Å². The van der Waals surface area contributed by atoms with Gasteiger partial charge in [0.05, 0.1) is 0 Å². The lowest BCUT2D eigenvalue weighted by molar-refractivity contribution is 0.861. The highest BCUT2D eigenvalue weighted by atomic mass is 32.2. The molecule has 1 aliphatic rings. The van der Waals surface area contributed by atoms with Gasteiger partial charge in [0.15, 0.2) is 0 Å². The molecule has 2 heteroatoms. The van der Waals surface area contributed by atoms with Crippen LogP contribution >= 0.6 is 23.5 Å². The van der Waals surface area contributed by atoms with Gasteiger partial charge in [-0.15, -0.1) is 0 Å². The van der Waals surface area contributed by atoms with Crippen LogP contribution in [0.15, 0.2) is 0 Å². The standard InChI is InChI=1S/C8H16S2/c1-3-7-5-10-8(4-2)6-9-7/h7-8H,3-6H2,1-2H3. The minimum atomic E-state index is 0.952. The Balaban J connectivity index is 2.17. The molecule has 1 saturated heterocycles. The summed E-state index contributed by atoms with van der Waals surface area (Å²) in [6.07, 6.45) is 2.71. The van der Waals surface area contributed by atoms with Crippen LogP contribution in [0.4, 0.5) is 0 Å². The van der Waals surface area contributed by atoms with Crippen molar-refractivity contribution in [3.63, 3.8) is 0 Å². The van der Waals surface area contributed by atoms with Crippen molar-refractivity contribution in [3.05, 3.63) is 0 Å². The van der Waals surface area contributed by atoms with Crippen LogP contribution in [-0.4, -0.2) is 22.0 Å². The zero-order valence-electron chi connectivity index (χ0n) is 6.80. The van der Waals surface area contributed by atoms with Gasteiger partial charge in [-0.2, -0.15) is 23.5 Å². The molecule has 0 radical (unpaired) electrons. The molecule has 1 fully saturated rings. The smallest absolute Gasteiger partial charge is 0.0136 e. The summed E-state index contributed by atoms with van der Waals surface area (Å²) in [5, 5.41) is 1.90. The van der Waals surface area contributed by atoms with Gasteiger partial charge in [-0.25, -0.2) is 0 Å². The van der Waals surface area contributed by atoms with Gasteiger partial charge in [-0.3, -0.25) is 0 Å². The van der Waals surface area contributed by atoms with E-state index in [9.17, 15) is 0 Å². The maximum absolute atomic E-state index is 2.30. The van der Waals surface area contributed by atoms with Crippen molar-refractivity contribution in [2.75, 3.05) is 11.5 Å². The van der Waals surface area contributed by atoms with E-state index < -0.39 is 0 Å². The Morgan fingerprint density at radius 1 is 1.00 bits per heavy atom. The highest BCUT2D eigenvalue weighted by molar-refractivity contribution is 8.07. The van der Waals surface area contributed by atoms with Crippen molar-refractivity contribution < 1.29 is 0 Å². The lowest BCUT2D eigenvalue weighted by Gasteiger charge is -2.25. The van der Waals surface area contributed by atoms with Gasteiger partial charge in [-0.1, -0.05) is 13.8 Å². The highest BCUT2D eigenvalue weighted by Gasteiger charge is 2.18. The van der Waals surface area contributed by atoms with Crippen LogP contribution in [0.1, 0.15) is 26.7 Å². The molecule has 0 amide bonds. The molecular formula is C8H16S2. The maximum atomic E-state index is 2.30. The predicted octanol–water partition coefficient (Wildman–Crippen LogP) is 3.02. The number of hydrogen-bond donors (Lipinski definition) is 0. The average Bonchev–Trinajstić information content (AvgIpc) is 2.05. The van der Waals surface area contributed by atoms with E-state index in [1.807, 2.05) is 0 Å². The fourth-order valence-corrected chi connectivity index (χ4v) is 4.21. The van der Waals surface area contributed by atoms with Crippen molar-refractivity contribution >= 4 is 23.5 Å². The molecule has 2 unspecified atom stereocenters. The molecule has 0 saturated carbocycles. The van der Waals surface area contributed by atoms with Crippen LogP contribution in [0, 0.1) is 0 Å². The summed E-state index contributed by atoms with van der Waals surface area (Å²) >= 11 is 4.35. The predicted molar refractivity (Wildman–Crippen MR) is 53.1 cm³/mol. The molecule has 1 rings (SSSR count). The summed E-state index contributed by atoms with van der Waals surface area (Å²) in [7, 11) is 0. The van der Waals surface area contributed by atoms with Gasteiger partial charge < -0.3 is 0 Å². The second kappa shape index (κ2) is 4.55. The number of hydrogen-bond acceptors (Lipinski definition) is 2. The van der Waals surface area contributed by atoms with Gasteiger partial charge in [0, 0.05) is 22.0 Å². The summed E-state index contributed by atoms with van der Waals surface area (Å²) in [6.45, 7) is 4.59. The van der Waals surface area contributed by atoms with Crippen LogP contribution in [0.2, 0.25) is 0 Å². The Kier molecular flexibility index (Phi) is 4.00. The molecular weight excluding hydrogens is 160 g/mol. The molecule has 0 aliphatic carbocycles. The van der Waals surface area contributed by atoms with Crippen molar-refractivity contribution in [2.45, 2.75) is 37.2 Å². The Hall–Kier alpha value is 0.700. The Morgan fingerprint density at radius 3 is 1.60 bits per heavy atom. The lowest BCUT2D eigenvalue weighted by atomic mass is 10.3. The second-order valence-electron chi connectivity index (χ2n) is 2.73. The second-order valence-corrected chi connectivity index (χ2v) is 5.39. The molecule has 0 nitrogen and oxygen atoms in total. The van der Waals surface area contributed by atoms with E-state index in [2.05, 4.69) is 37.4 Å². The molecule has 2 atom stereocenters. The van der Waals surface area contributed by atoms with Gasteiger partial charge in [-0.05, 0) is 12.8 Å². The zero-order valence-corrected chi connectivity index (χ0v) is 8.43. The van der Waals surface area contributed by atoms with Crippen LogP contribution in [0.25, 0.3) is 0 Å². The van der Waals surface area contributed by atoms with E-state index in [1.54, 1.807) is 0 Å². The summed E-state index contributed by atoms with van der Waals surface area (Å²) < 4.78 is 0. The van der Waals surface area contributed by atoms with E-state index in [4.69, 9.17) is 0 Å². The van der Waals surface area contributed by atoms with Gasteiger partial charge in [0.25, 0.3) is 0 Å². The first-order valence-electron chi connectivity index (χ1n) is 4.10. The molecule has 0 bridgehead atoms. The molecule has 0 spiro atoms. The van der Waals surface area contributed by atoms with Crippen molar-refractivity contribution in [1.29, 1.82) is 0 Å². The minimum absolute atomic E-state index is 0.952. The Labute approximate surface area is 72.5 Å². The van der Waals surface area contributed by atoms with E-state index in [0.29, 0.717) is 0 Å². The molecule has 1 aliphatic heterocycles.